The smallest absolute Gasteiger partial charge is 0.279 e. The van der Waals surface area contributed by atoms with Crippen LogP contribution in [-0.2, 0) is 11.2 Å². The number of nitrogens with one attached hydrogen (secondary N) is 2. The fourth-order valence-corrected chi connectivity index (χ4v) is 3.17. The van der Waals surface area contributed by atoms with Gasteiger partial charge in [0.1, 0.15) is 5.82 Å². The zero-order valence-corrected chi connectivity index (χ0v) is 14.6. The molecule has 1 amide bonds. The van der Waals surface area contributed by atoms with E-state index in [1.165, 1.54) is 22.6 Å². The first-order valence-electron chi connectivity index (χ1n) is 8.87. The third-order valence-electron chi connectivity index (χ3n) is 4.72. The van der Waals surface area contributed by atoms with Crippen molar-refractivity contribution in [3.8, 4) is 0 Å². The van der Waals surface area contributed by atoms with E-state index in [0.29, 0.717) is 6.54 Å². The van der Waals surface area contributed by atoms with Gasteiger partial charge in [-0.2, -0.15) is 0 Å². The van der Waals surface area contributed by atoms with Crippen LogP contribution in [0.3, 0.4) is 0 Å². The summed E-state index contributed by atoms with van der Waals surface area (Å²) in [5.74, 6) is -0.161. The molecule has 5 heteroatoms. The van der Waals surface area contributed by atoms with Crippen molar-refractivity contribution in [1.82, 2.24) is 0 Å². The molecule has 0 bridgehead atoms. The standard InChI is InChI=1S/C20H24FN3O/c1-2-16-3-7-18(8-4-16)22-20(25)15-23-11-13-24(14-12-23)19-9-5-17(21)6-10-19/h3-10H,2,11-15H2,1H3,(H,22,25)/p+1. The van der Waals surface area contributed by atoms with E-state index in [0.717, 1.165) is 44.0 Å². The average molecular weight is 342 g/mol. The molecule has 0 radical (unpaired) electrons. The lowest BCUT2D eigenvalue weighted by atomic mass is 10.1. The summed E-state index contributed by atoms with van der Waals surface area (Å²) < 4.78 is 13.0. The molecule has 1 aliphatic rings. The van der Waals surface area contributed by atoms with Crippen molar-refractivity contribution in [1.29, 1.82) is 0 Å². The van der Waals surface area contributed by atoms with Gasteiger partial charge in [0.2, 0.25) is 0 Å². The zero-order chi connectivity index (χ0) is 17.6. The molecule has 2 aromatic rings. The van der Waals surface area contributed by atoms with Crippen molar-refractivity contribution >= 4 is 17.3 Å². The summed E-state index contributed by atoms with van der Waals surface area (Å²) >= 11 is 0. The number of benzene rings is 2. The number of rotatable bonds is 5. The number of piperazine rings is 1. The summed E-state index contributed by atoms with van der Waals surface area (Å²) in [6.07, 6.45) is 0.997. The molecular formula is C20H25FN3O+. The molecule has 2 aromatic carbocycles. The Morgan fingerprint density at radius 3 is 2.32 bits per heavy atom. The van der Waals surface area contributed by atoms with Gasteiger partial charge in [0.05, 0.1) is 26.2 Å². The number of halogens is 1. The van der Waals surface area contributed by atoms with E-state index in [9.17, 15) is 9.18 Å². The summed E-state index contributed by atoms with van der Waals surface area (Å²) in [6, 6.07) is 14.6. The summed E-state index contributed by atoms with van der Waals surface area (Å²) in [4.78, 5) is 15.8. The lowest BCUT2D eigenvalue weighted by Gasteiger charge is -2.33. The van der Waals surface area contributed by atoms with Gasteiger partial charge in [0.25, 0.3) is 5.91 Å². The maximum Gasteiger partial charge on any atom is 0.279 e. The van der Waals surface area contributed by atoms with Crippen LogP contribution in [-0.4, -0.2) is 38.6 Å². The van der Waals surface area contributed by atoms with Crippen molar-refractivity contribution < 1.29 is 14.1 Å². The van der Waals surface area contributed by atoms with Gasteiger partial charge in [-0.1, -0.05) is 19.1 Å². The quantitative estimate of drug-likeness (QED) is 0.868. The van der Waals surface area contributed by atoms with E-state index < -0.39 is 0 Å². The van der Waals surface area contributed by atoms with Crippen molar-refractivity contribution in [3.05, 3.63) is 59.9 Å². The number of anilines is 2. The predicted molar refractivity (Wildman–Crippen MR) is 98.6 cm³/mol. The third kappa shape index (κ3) is 4.79. The Bertz CT molecular complexity index is 692. The van der Waals surface area contributed by atoms with Gasteiger partial charge < -0.3 is 15.1 Å². The first-order chi connectivity index (χ1) is 12.1. The lowest BCUT2D eigenvalue weighted by molar-refractivity contribution is -0.892. The van der Waals surface area contributed by atoms with Gasteiger partial charge in [-0.15, -0.1) is 0 Å². The molecule has 25 heavy (non-hydrogen) atoms. The van der Waals surface area contributed by atoms with Gasteiger partial charge in [-0.05, 0) is 48.4 Å². The van der Waals surface area contributed by atoms with Gasteiger partial charge in [-0.3, -0.25) is 4.79 Å². The normalized spacial score (nSPS) is 15.2. The second kappa shape index (κ2) is 8.12. The van der Waals surface area contributed by atoms with Crippen LogP contribution < -0.4 is 15.1 Å². The first kappa shape index (κ1) is 17.4. The van der Waals surface area contributed by atoms with Crippen LogP contribution in [0.15, 0.2) is 48.5 Å². The van der Waals surface area contributed by atoms with E-state index in [4.69, 9.17) is 0 Å². The second-order valence-corrected chi connectivity index (χ2v) is 6.49. The molecule has 3 rings (SSSR count). The highest BCUT2D eigenvalue weighted by Gasteiger charge is 2.22. The van der Waals surface area contributed by atoms with Crippen LogP contribution >= 0.6 is 0 Å². The van der Waals surface area contributed by atoms with Crippen molar-refractivity contribution in [2.45, 2.75) is 13.3 Å². The largest absolute Gasteiger partial charge is 0.360 e. The van der Waals surface area contributed by atoms with Crippen LogP contribution in [0.25, 0.3) is 0 Å². The number of aryl methyl sites for hydroxylation is 1. The molecule has 0 spiro atoms. The minimum Gasteiger partial charge on any atom is -0.360 e. The third-order valence-corrected chi connectivity index (χ3v) is 4.72. The Morgan fingerprint density at radius 1 is 1.08 bits per heavy atom. The van der Waals surface area contributed by atoms with E-state index in [1.54, 1.807) is 0 Å². The minimum absolute atomic E-state index is 0.0504. The Kier molecular flexibility index (Phi) is 5.66. The molecule has 0 saturated carbocycles. The number of quaternary nitrogens is 1. The van der Waals surface area contributed by atoms with Crippen molar-refractivity contribution in [2.24, 2.45) is 0 Å². The highest BCUT2D eigenvalue weighted by molar-refractivity contribution is 5.91. The van der Waals surface area contributed by atoms with E-state index in [2.05, 4.69) is 17.1 Å². The topological polar surface area (TPSA) is 36.8 Å². The number of hydrogen-bond donors (Lipinski definition) is 2. The average Bonchev–Trinajstić information content (AvgIpc) is 2.64. The molecule has 1 fully saturated rings. The maximum absolute atomic E-state index is 13.0. The zero-order valence-electron chi connectivity index (χ0n) is 14.6. The first-order valence-corrected chi connectivity index (χ1v) is 8.87. The number of hydrogen-bond acceptors (Lipinski definition) is 2. The summed E-state index contributed by atoms with van der Waals surface area (Å²) in [5.41, 5.74) is 3.16. The van der Waals surface area contributed by atoms with E-state index >= 15 is 0 Å². The minimum atomic E-state index is -0.211. The molecule has 4 nitrogen and oxygen atoms in total. The molecule has 2 N–H and O–H groups in total. The van der Waals surface area contributed by atoms with Gasteiger partial charge in [-0.25, -0.2) is 4.39 Å². The summed E-state index contributed by atoms with van der Waals surface area (Å²) in [6.45, 7) is 6.15. The number of amides is 1. The highest BCUT2D eigenvalue weighted by atomic mass is 19.1. The van der Waals surface area contributed by atoms with Crippen molar-refractivity contribution in [2.75, 3.05) is 42.9 Å². The monoisotopic (exact) mass is 342 g/mol. The van der Waals surface area contributed by atoms with Crippen LogP contribution in [0.5, 0.6) is 0 Å². The van der Waals surface area contributed by atoms with Crippen LogP contribution in [0.2, 0.25) is 0 Å². The van der Waals surface area contributed by atoms with E-state index in [-0.39, 0.29) is 11.7 Å². The fourth-order valence-electron chi connectivity index (χ4n) is 3.17. The highest BCUT2D eigenvalue weighted by Crippen LogP contribution is 2.14. The van der Waals surface area contributed by atoms with Crippen LogP contribution in [0, 0.1) is 5.82 Å². The molecule has 0 aromatic heterocycles. The molecule has 1 heterocycles. The predicted octanol–water partition coefficient (Wildman–Crippen LogP) is 1.73. The molecule has 0 atom stereocenters. The molecule has 0 aliphatic carbocycles. The Hall–Kier alpha value is -2.40. The fraction of sp³-hybridized carbons (Fsp3) is 0.350. The van der Waals surface area contributed by atoms with E-state index in [1.807, 2.05) is 36.4 Å². The molecule has 1 saturated heterocycles. The number of carbonyl (C=O) groups is 1. The maximum atomic E-state index is 13.0. The van der Waals surface area contributed by atoms with Gasteiger partial charge >= 0.3 is 0 Å². The molecule has 132 valence electrons. The molecule has 0 unspecified atom stereocenters. The number of carbonyl (C=O) groups excluding carboxylic acids is 1. The van der Waals surface area contributed by atoms with Gasteiger partial charge in [0, 0.05) is 11.4 Å². The Labute approximate surface area is 148 Å². The Morgan fingerprint density at radius 2 is 1.72 bits per heavy atom. The summed E-state index contributed by atoms with van der Waals surface area (Å²) in [5, 5.41) is 2.97. The number of nitrogens with zero attached hydrogens (tertiary/aromatic N) is 1. The molecule has 1 aliphatic heterocycles. The summed E-state index contributed by atoms with van der Waals surface area (Å²) in [7, 11) is 0. The van der Waals surface area contributed by atoms with Crippen LogP contribution in [0.4, 0.5) is 15.8 Å². The molecular weight excluding hydrogens is 317 g/mol. The van der Waals surface area contributed by atoms with Crippen LogP contribution in [0.1, 0.15) is 12.5 Å². The SMILES string of the molecule is CCc1ccc(NC(=O)C[NH+]2CCN(c3ccc(F)cc3)CC2)cc1. The van der Waals surface area contributed by atoms with Crippen molar-refractivity contribution in [3.63, 3.8) is 0 Å². The lowest BCUT2D eigenvalue weighted by Crippen LogP contribution is -3.15. The second-order valence-electron chi connectivity index (χ2n) is 6.49. The Balaban J connectivity index is 1.46. The van der Waals surface area contributed by atoms with Gasteiger partial charge in [0.15, 0.2) is 6.54 Å².